The van der Waals surface area contributed by atoms with Crippen molar-refractivity contribution in [3.05, 3.63) is 88.6 Å². The van der Waals surface area contributed by atoms with Crippen LogP contribution >= 0.6 is 0 Å². The van der Waals surface area contributed by atoms with Gasteiger partial charge in [-0.2, -0.15) is 0 Å². The molecule has 0 radical (unpaired) electrons. The Morgan fingerprint density at radius 1 is 0.893 bits per heavy atom. The Morgan fingerprint density at radius 2 is 1.64 bits per heavy atom. The molecule has 0 aliphatic heterocycles. The molecule has 136 valence electrons. The third-order valence-corrected chi connectivity index (χ3v) is 5.27. The monoisotopic (exact) mass is 367 g/mol. The van der Waals surface area contributed by atoms with Crippen LogP contribution in [-0.2, 0) is 7.05 Å². The number of allylic oxidation sites excluding steroid dienone is 1. The van der Waals surface area contributed by atoms with Gasteiger partial charge in [-0.1, -0.05) is 48.0 Å². The van der Waals surface area contributed by atoms with Gasteiger partial charge in [0.05, 0.1) is 11.1 Å². The van der Waals surface area contributed by atoms with E-state index < -0.39 is 0 Å². The van der Waals surface area contributed by atoms with Crippen LogP contribution in [0.2, 0.25) is 0 Å². The molecule has 0 unspecified atom stereocenters. The smallest absolute Gasteiger partial charge is 0.197 e. The number of benzene rings is 2. The first-order valence-corrected chi connectivity index (χ1v) is 9.09. The lowest BCUT2D eigenvalue weighted by molar-refractivity contribution is 0.0990. The molecule has 1 aliphatic carbocycles. The van der Waals surface area contributed by atoms with Gasteiger partial charge in [-0.3, -0.25) is 9.59 Å². The molecule has 0 saturated carbocycles. The standard InChI is InChI=1S/C24H17NO3/c1-14-8-9-17-18(10-14)24(27)19(23(17)26)11-16-12-22-20(25(16)2)13-21(28-22)15-6-4-3-5-7-15/h3-13H,1-2H3/b19-11-. The molecule has 0 saturated heterocycles. The van der Waals surface area contributed by atoms with Crippen molar-refractivity contribution in [3.8, 4) is 11.3 Å². The maximum Gasteiger partial charge on any atom is 0.197 e. The zero-order chi connectivity index (χ0) is 19.4. The fourth-order valence-electron chi connectivity index (χ4n) is 3.73. The molecule has 4 aromatic rings. The first-order chi connectivity index (χ1) is 13.5. The third kappa shape index (κ3) is 2.38. The predicted molar refractivity (Wildman–Crippen MR) is 108 cm³/mol. The van der Waals surface area contributed by atoms with Gasteiger partial charge < -0.3 is 8.98 Å². The Morgan fingerprint density at radius 3 is 2.39 bits per heavy atom. The largest absolute Gasteiger partial charge is 0.454 e. The first kappa shape index (κ1) is 16.5. The SMILES string of the molecule is Cc1ccc2c(c1)C(=O)/C(=C\c1cc3oc(-c4ccccc4)cc3n1C)C2=O. The minimum atomic E-state index is -0.220. The van der Waals surface area contributed by atoms with E-state index in [1.807, 2.05) is 67.1 Å². The minimum absolute atomic E-state index is 0.201. The topological polar surface area (TPSA) is 52.2 Å². The average molecular weight is 367 g/mol. The maximum atomic E-state index is 12.7. The Hall–Kier alpha value is -3.66. The summed E-state index contributed by atoms with van der Waals surface area (Å²) in [7, 11) is 1.90. The molecule has 0 N–H and O–H groups in total. The molecule has 4 nitrogen and oxygen atoms in total. The fraction of sp³-hybridized carbons (Fsp3) is 0.0833. The Kier molecular flexibility index (Phi) is 3.49. The Labute approximate surface area is 161 Å². The highest BCUT2D eigenvalue weighted by Gasteiger charge is 2.33. The highest BCUT2D eigenvalue weighted by molar-refractivity contribution is 6.41. The van der Waals surface area contributed by atoms with Crippen LogP contribution in [0.15, 0.2) is 70.7 Å². The van der Waals surface area contributed by atoms with E-state index in [1.165, 1.54) is 0 Å². The van der Waals surface area contributed by atoms with Crippen LogP contribution in [0, 0.1) is 6.92 Å². The normalized spacial score (nSPS) is 15.0. The second-order valence-corrected chi connectivity index (χ2v) is 7.12. The fourth-order valence-corrected chi connectivity index (χ4v) is 3.73. The average Bonchev–Trinajstić information content (AvgIpc) is 3.31. The number of furan rings is 1. The highest BCUT2D eigenvalue weighted by atomic mass is 16.3. The van der Waals surface area contributed by atoms with Crippen LogP contribution in [0.4, 0.5) is 0 Å². The zero-order valence-corrected chi connectivity index (χ0v) is 15.5. The van der Waals surface area contributed by atoms with Crippen molar-refractivity contribution in [1.82, 2.24) is 4.57 Å². The van der Waals surface area contributed by atoms with E-state index in [2.05, 4.69) is 0 Å². The number of nitrogens with zero attached hydrogens (tertiary/aromatic N) is 1. The molecule has 28 heavy (non-hydrogen) atoms. The van der Waals surface area contributed by atoms with Crippen molar-refractivity contribution in [3.63, 3.8) is 0 Å². The number of hydrogen-bond acceptors (Lipinski definition) is 3. The van der Waals surface area contributed by atoms with Gasteiger partial charge in [0.15, 0.2) is 17.1 Å². The number of hydrogen-bond donors (Lipinski definition) is 0. The molecule has 2 heterocycles. The molecular formula is C24H17NO3. The quantitative estimate of drug-likeness (QED) is 0.361. The van der Waals surface area contributed by atoms with Gasteiger partial charge in [0.1, 0.15) is 5.76 Å². The van der Waals surface area contributed by atoms with Gasteiger partial charge in [0.25, 0.3) is 0 Å². The van der Waals surface area contributed by atoms with Gasteiger partial charge in [-0.05, 0) is 19.1 Å². The van der Waals surface area contributed by atoms with E-state index in [4.69, 9.17) is 4.42 Å². The molecule has 4 heteroatoms. The molecule has 0 fully saturated rings. The lowest BCUT2D eigenvalue weighted by Gasteiger charge is -2.00. The van der Waals surface area contributed by atoms with E-state index in [-0.39, 0.29) is 17.1 Å². The third-order valence-electron chi connectivity index (χ3n) is 5.27. The summed E-state index contributed by atoms with van der Waals surface area (Å²) < 4.78 is 7.93. The number of ketones is 2. The van der Waals surface area contributed by atoms with Gasteiger partial charge in [-0.25, -0.2) is 0 Å². The molecule has 5 rings (SSSR count). The van der Waals surface area contributed by atoms with Crippen LogP contribution in [0.25, 0.3) is 28.5 Å². The summed E-state index contributed by atoms with van der Waals surface area (Å²) in [6.45, 7) is 1.91. The lowest BCUT2D eigenvalue weighted by atomic mass is 10.1. The molecular weight excluding hydrogens is 350 g/mol. The summed E-state index contributed by atoms with van der Waals surface area (Å²) in [6.07, 6.45) is 1.66. The van der Waals surface area contributed by atoms with E-state index in [1.54, 1.807) is 18.2 Å². The van der Waals surface area contributed by atoms with Crippen LogP contribution < -0.4 is 0 Å². The molecule has 0 amide bonds. The molecule has 1 aliphatic rings. The van der Waals surface area contributed by atoms with Crippen molar-refractivity contribution in [2.75, 3.05) is 0 Å². The van der Waals surface area contributed by atoms with E-state index in [9.17, 15) is 9.59 Å². The van der Waals surface area contributed by atoms with Crippen molar-refractivity contribution in [2.24, 2.45) is 7.05 Å². The van der Waals surface area contributed by atoms with E-state index >= 15 is 0 Å². The van der Waals surface area contributed by atoms with Gasteiger partial charge in [0.2, 0.25) is 0 Å². The Balaban J connectivity index is 1.57. The van der Waals surface area contributed by atoms with E-state index in [0.717, 1.165) is 33.7 Å². The summed E-state index contributed by atoms with van der Waals surface area (Å²) in [5.74, 6) is 0.352. The first-order valence-electron chi connectivity index (χ1n) is 9.09. The number of carbonyl (C=O) groups is 2. The molecule has 0 atom stereocenters. The van der Waals surface area contributed by atoms with Gasteiger partial charge >= 0.3 is 0 Å². The van der Waals surface area contributed by atoms with Gasteiger partial charge in [-0.15, -0.1) is 0 Å². The number of Topliss-reactive ketones (excluding diaryl/α,β-unsaturated/α-hetero) is 2. The van der Waals surface area contributed by atoms with E-state index in [0.29, 0.717) is 11.1 Å². The summed E-state index contributed by atoms with van der Waals surface area (Å²) in [4.78, 5) is 25.5. The molecule has 2 aromatic carbocycles. The number of fused-ring (bicyclic) bond motifs is 2. The maximum absolute atomic E-state index is 12.7. The lowest BCUT2D eigenvalue weighted by Crippen LogP contribution is -2.01. The number of aromatic nitrogens is 1. The Bertz CT molecular complexity index is 1300. The van der Waals surface area contributed by atoms with Crippen LogP contribution in [0.1, 0.15) is 32.0 Å². The van der Waals surface area contributed by atoms with Gasteiger partial charge in [0, 0.05) is 41.6 Å². The number of rotatable bonds is 2. The molecule has 0 spiro atoms. The summed E-state index contributed by atoms with van der Waals surface area (Å²) in [5, 5.41) is 0. The summed E-state index contributed by atoms with van der Waals surface area (Å²) in [6, 6.07) is 19.1. The summed E-state index contributed by atoms with van der Waals surface area (Å²) >= 11 is 0. The second kappa shape index (κ2) is 5.92. The van der Waals surface area contributed by atoms with Crippen LogP contribution in [-0.4, -0.2) is 16.1 Å². The van der Waals surface area contributed by atoms with Crippen molar-refractivity contribution < 1.29 is 14.0 Å². The summed E-state index contributed by atoms with van der Waals surface area (Å²) in [5.41, 5.74) is 5.53. The van der Waals surface area contributed by atoms with Crippen molar-refractivity contribution in [1.29, 1.82) is 0 Å². The second-order valence-electron chi connectivity index (χ2n) is 7.12. The van der Waals surface area contributed by atoms with Crippen molar-refractivity contribution in [2.45, 2.75) is 6.92 Å². The van der Waals surface area contributed by atoms with Crippen LogP contribution in [0.5, 0.6) is 0 Å². The van der Waals surface area contributed by atoms with Crippen LogP contribution in [0.3, 0.4) is 0 Å². The van der Waals surface area contributed by atoms with Crippen molar-refractivity contribution >= 4 is 28.7 Å². The molecule has 0 bridgehead atoms. The number of carbonyl (C=O) groups excluding carboxylic acids is 2. The minimum Gasteiger partial charge on any atom is -0.454 e. The number of aryl methyl sites for hydroxylation is 2. The highest BCUT2D eigenvalue weighted by Crippen LogP contribution is 2.32. The predicted octanol–water partition coefficient (Wildman–Crippen LogP) is 5.21. The zero-order valence-electron chi connectivity index (χ0n) is 15.5. The molecule has 2 aromatic heterocycles.